The van der Waals surface area contributed by atoms with E-state index >= 15 is 0 Å². The molecule has 2 aromatic rings. The van der Waals surface area contributed by atoms with Crippen molar-refractivity contribution in [3.05, 3.63) is 39.5 Å². The molecule has 0 aliphatic carbocycles. The lowest BCUT2D eigenvalue weighted by Gasteiger charge is -2.04. The maximum atomic E-state index is 11.7. The summed E-state index contributed by atoms with van der Waals surface area (Å²) in [6.45, 7) is 0. The predicted molar refractivity (Wildman–Crippen MR) is 68.7 cm³/mol. The molecule has 0 amide bonds. The molecule has 2 heterocycles. The zero-order chi connectivity index (χ0) is 11.7. The molecule has 2 N–H and O–H groups in total. The van der Waals surface area contributed by atoms with Crippen LogP contribution in [0.4, 0.5) is 0 Å². The molecule has 6 heteroatoms. The Morgan fingerprint density at radius 3 is 2.94 bits per heavy atom. The highest BCUT2D eigenvalue weighted by Gasteiger charge is 2.10. The van der Waals surface area contributed by atoms with Gasteiger partial charge in [0, 0.05) is 7.05 Å². The van der Waals surface area contributed by atoms with E-state index in [2.05, 4.69) is 5.10 Å². The standard InChI is InChI=1S/C10H9N3OS2/c1-13-10(14)6(9(11)15)5-7(12-13)8-3-2-4-16-8/h2-5H,1H3,(H2,11,15). The molecule has 0 atom stereocenters. The largest absolute Gasteiger partial charge is 0.389 e. The Morgan fingerprint density at radius 1 is 1.62 bits per heavy atom. The van der Waals surface area contributed by atoms with Crippen molar-refractivity contribution < 1.29 is 0 Å². The second-order valence-corrected chi connectivity index (χ2v) is 4.60. The molecule has 0 unspecified atom stereocenters. The Kier molecular flexibility index (Phi) is 2.84. The lowest BCUT2D eigenvalue weighted by Crippen LogP contribution is -2.29. The van der Waals surface area contributed by atoms with Gasteiger partial charge >= 0.3 is 0 Å². The molecular formula is C10H9N3OS2. The summed E-state index contributed by atoms with van der Waals surface area (Å²) in [4.78, 5) is 12.7. The number of nitrogens with two attached hydrogens (primary N) is 1. The molecule has 0 saturated heterocycles. The van der Waals surface area contributed by atoms with Crippen LogP contribution < -0.4 is 11.3 Å². The number of thiophene rings is 1. The molecule has 2 rings (SSSR count). The van der Waals surface area contributed by atoms with Crippen molar-refractivity contribution in [2.24, 2.45) is 12.8 Å². The van der Waals surface area contributed by atoms with Gasteiger partial charge < -0.3 is 5.73 Å². The topological polar surface area (TPSA) is 60.9 Å². The summed E-state index contributed by atoms with van der Waals surface area (Å²) in [5.74, 6) is 0. The Hall–Kier alpha value is -1.53. The van der Waals surface area contributed by atoms with Gasteiger partial charge in [0.2, 0.25) is 0 Å². The first-order valence-corrected chi connectivity index (χ1v) is 5.80. The van der Waals surface area contributed by atoms with Crippen molar-refractivity contribution >= 4 is 28.5 Å². The van der Waals surface area contributed by atoms with Crippen LogP contribution in [0.1, 0.15) is 5.56 Å². The molecule has 0 aliphatic heterocycles. The van der Waals surface area contributed by atoms with Crippen LogP contribution >= 0.6 is 23.6 Å². The average Bonchev–Trinajstić information content (AvgIpc) is 2.74. The maximum absolute atomic E-state index is 11.7. The van der Waals surface area contributed by atoms with Crippen molar-refractivity contribution in [2.45, 2.75) is 0 Å². The minimum Gasteiger partial charge on any atom is -0.389 e. The Bertz CT molecular complexity index is 587. The van der Waals surface area contributed by atoms with Gasteiger partial charge in [-0.3, -0.25) is 4.79 Å². The van der Waals surface area contributed by atoms with Gasteiger partial charge in [-0.05, 0) is 17.5 Å². The summed E-state index contributed by atoms with van der Waals surface area (Å²) >= 11 is 6.39. The third-order valence-corrected chi connectivity index (χ3v) is 3.21. The van der Waals surface area contributed by atoms with Crippen LogP contribution in [-0.4, -0.2) is 14.8 Å². The highest BCUT2D eigenvalue weighted by molar-refractivity contribution is 7.80. The van der Waals surface area contributed by atoms with E-state index in [1.165, 1.54) is 4.68 Å². The Balaban J connectivity index is 2.67. The van der Waals surface area contributed by atoms with Crippen LogP contribution in [0.15, 0.2) is 28.4 Å². The van der Waals surface area contributed by atoms with Crippen molar-refractivity contribution in [2.75, 3.05) is 0 Å². The first-order valence-electron chi connectivity index (χ1n) is 4.51. The highest BCUT2D eigenvalue weighted by Crippen LogP contribution is 2.21. The molecule has 0 bridgehead atoms. The molecule has 0 fully saturated rings. The molecular weight excluding hydrogens is 242 g/mol. The van der Waals surface area contributed by atoms with Gasteiger partial charge in [-0.25, -0.2) is 4.68 Å². The fourth-order valence-electron chi connectivity index (χ4n) is 1.33. The molecule has 16 heavy (non-hydrogen) atoms. The quantitative estimate of drug-likeness (QED) is 0.813. The first-order chi connectivity index (χ1) is 7.59. The zero-order valence-electron chi connectivity index (χ0n) is 8.51. The van der Waals surface area contributed by atoms with Gasteiger partial charge in [0.15, 0.2) is 0 Å². The van der Waals surface area contributed by atoms with Crippen molar-refractivity contribution in [1.82, 2.24) is 9.78 Å². The monoisotopic (exact) mass is 251 g/mol. The van der Waals surface area contributed by atoms with E-state index in [1.807, 2.05) is 17.5 Å². The van der Waals surface area contributed by atoms with Crippen LogP contribution in [-0.2, 0) is 7.05 Å². The number of aryl methyl sites for hydroxylation is 1. The summed E-state index contributed by atoms with van der Waals surface area (Å²) in [6.07, 6.45) is 0. The normalized spacial score (nSPS) is 10.3. The van der Waals surface area contributed by atoms with Crippen molar-refractivity contribution in [3.8, 4) is 10.6 Å². The van der Waals surface area contributed by atoms with E-state index in [0.29, 0.717) is 11.3 Å². The van der Waals surface area contributed by atoms with E-state index in [4.69, 9.17) is 18.0 Å². The third-order valence-electron chi connectivity index (χ3n) is 2.10. The molecule has 4 nitrogen and oxygen atoms in total. The van der Waals surface area contributed by atoms with E-state index in [1.54, 1.807) is 24.5 Å². The number of hydrogen-bond donors (Lipinski definition) is 1. The van der Waals surface area contributed by atoms with Gasteiger partial charge in [-0.15, -0.1) is 11.3 Å². The maximum Gasteiger partial charge on any atom is 0.276 e. The van der Waals surface area contributed by atoms with Crippen LogP contribution in [0.3, 0.4) is 0 Å². The summed E-state index contributed by atoms with van der Waals surface area (Å²) in [7, 11) is 1.58. The Morgan fingerprint density at radius 2 is 2.38 bits per heavy atom. The van der Waals surface area contributed by atoms with Crippen LogP contribution in [0.5, 0.6) is 0 Å². The molecule has 0 spiro atoms. The summed E-state index contributed by atoms with van der Waals surface area (Å²) < 4.78 is 1.25. The van der Waals surface area contributed by atoms with Gasteiger partial charge in [0.25, 0.3) is 5.56 Å². The van der Waals surface area contributed by atoms with Gasteiger partial charge in [-0.1, -0.05) is 18.3 Å². The van der Waals surface area contributed by atoms with E-state index in [0.717, 1.165) is 4.88 Å². The van der Waals surface area contributed by atoms with Crippen molar-refractivity contribution in [3.63, 3.8) is 0 Å². The fraction of sp³-hybridized carbons (Fsp3) is 0.100. The lowest BCUT2D eigenvalue weighted by molar-refractivity contribution is 0.711. The summed E-state index contributed by atoms with van der Waals surface area (Å²) in [5.41, 5.74) is 6.27. The van der Waals surface area contributed by atoms with E-state index < -0.39 is 0 Å². The fourth-order valence-corrected chi connectivity index (χ4v) is 2.16. The number of aromatic nitrogens is 2. The third kappa shape index (κ3) is 1.89. The zero-order valence-corrected chi connectivity index (χ0v) is 10.1. The van der Waals surface area contributed by atoms with Gasteiger partial charge in [-0.2, -0.15) is 5.10 Å². The summed E-state index contributed by atoms with van der Waals surface area (Å²) in [5, 5.41) is 6.10. The van der Waals surface area contributed by atoms with Gasteiger partial charge in [0.1, 0.15) is 10.7 Å². The predicted octanol–water partition coefficient (Wildman–Crippen LogP) is 1.14. The Labute approximate surface area is 101 Å². The minimum atomic E-state index is -0.271. The molecule has 0 saturated carbocycles. The molecule has 0 radical (unpaired) electrons. The highest BCUT2D eigenvalue weighted by atomic mass is 32.1. The smallest absolute Gasteiger partial charge is 0.276 e. The van der Waals surface area contributed by atoms with Crippen molar-refractivity contribution in [1.29, 1.82) is 0 Å². The average molecular weight is 251 g/mol. The van der Waals surface area contributed by atoms with Crippen LogP contribution in [0.2, 0.25) is 0 Å². The van der Waals surface area contributed by atoms with E-state index in [-0.39, 0.29) is 10.5 Å². The van der Waals surface area contributed by atoms with E-state index in [9.17, 15) is 4.79 Å². The summed E-state index contributed by atoms with van der Waals surface area (Å²) in [6, 6.07) is 5.49. The second-order valence-electron chi connectivity index (χ2n) is 3.21. The van der Waals surface area contributed by atoms with Gasteiger partial charge in [0.05, 0.1) is 10.4 Å². The SMILES string of the molecule is Cn1nc(-c2cccs2)cc(C(N)=S)c1=O. The number of nitrogens with zero attached hydrogens (tertiary/aromatic N) is 2. The molecule has 82 valence electrons. The second kappa shape index (κ2) is 4.15. The van der Waals surface area contributed by atoms with Crippen LogP contribution in [0, 0.1) is 0 Å². The number of thiocarbonyl (C=S) groups is 1. The molecule has 2 aromatic heterocycles. The number of hydrogen-bond acceptors (Lipinski definition) is 4. The molecule has 0 aliphatic rings. The van der Waals surface area contributed by atoms with Crippen LogP contribution in [0.25, 0.3) is 10.6 Å². The number of rotatable bonds is 2. The first kappa shape index (κ1) is 11.0. The minimum absolute atomic E-state index is 0.0980. The lowest BCUT2D eigenvalue weighted by atomic mass is 10.2. The molecule has 0 aromatic carbocycles.